The van der Waals surface area contributed by atoms with Gasteiger partial charge in [0.25, 0.3) is 0 Å². The second kappa shape index (κ2) is 6.65. The zero-order chi connectivity index (χ0) is 14.4. The average Bonchev–Trinajstić information content (AvgIpc) is 2.44. The maximum absolute atomic E-state index is 10.8. The molecule has 5 nitrogen and oxygen atoms in total. The molecule has 0 aliphatic carbocycles. The highest BCUT2D eigenvalue weighted by Gasteiger charge is 2.10. The number of hydrogen-bond donors (Lipinski definition) is 1. The van der Waals surface area contributed by atoms with Gasteiger partial charge in [-0.05, 0) is 25.3 Å². The van der Waals surface area contributed by atoms with Crippen LogP contribution in [0.4, 0.5) is 0 Å². The summed E-state index contributed by atoms with van der Waals surface area (Å²) in [6.45, 7) is 2.13. The molecule has 104 valence electrons. The van der Waals surface area contributed by atoms with Crippen molar-refractivity contribution in [1.82, 2.24) is 9.97 Å². The molecule has 1 N–H and O–H groups in total. The van der Waals surface area contributed by atoms with E-state index in [1.54, 1.807) is 6.92 Å². The largest absolute Gasteiger partial charge is 0.478 e. The van der Waals surface area contributed by atoms with Crippen LogP contribution in [0.1, 0.15) is 28.0 Å². The van der Waals surface area contributed by atoms with Gasteiger partial charge < -0.3 is 9.84 Å². The van der Waals surface area contributed by atoms with Crippen LogP contribution < -0.4 is 4.74 Å². The Bertz CT molecular complexity index is 585. The average molecular weight is 272 g/mol. The summed E-state index contributed by atoms with van der Waals surface area (Å²) in [6.07, 6.45) is 3.05. The summed E-state index contributed by atoms with van der Waals surface area (Å²) in [4.78, 5) is 18.7. The highest BCUT2D eigenvalue weighted by atomic mass is 16.5. The van der Waals surface area contributed by atoms with Crippen molar-refractivity contribution in [3.05, 3.63) is 53.3 Å². The molecule has 0 saturated heterocycles. The van der Waals surface area contributed by atoms with Crippen LogP contribution in [0.15, 0.2) is 36.5 Å². The molecule has 1 aromatic heterocycles. The van der Waals surface area contributed by atoms with E-state index in [9.17, 15) is 4.79 Å². The monoisotopic (exact) mass is 272 g/mol. The molecule has 0 saturated carbocycles. The number of nitrogens with zero attached hydrogens (tertiary/aromatic N) is 2. The van der Waals surface area contributed by atoms with Gasteiger partial charge in [-0.1, -0.05) is 30.3 Å². The van der Waals surface area contributed by atoms with E-state index in [0.29, 0.717) is 12.3 Å². The lowest BCUT2D eigenvalue weighted by Crippen LogP contribution is -2.07. The van der Waals surface area contributed by atoms with Crippen molar-refractivity contribution in [2.75, 3.05) is 6.61 Å². The van der Waals surface area contributed by atoms with E-state index in [1.165, 1.54) is 11.8 Å². The minimum Gasteiger partial charge on any atom is -0.478 e. The Morgan fingerprint density at radius 1 is 1.30 bits per heavy atom. The van der Waals surface area contributed by atoms with Crippen LogP contribution >= 0.6 is 0 Å². The molecular weight excluding hydrogens is 256 g/mol. The molecule has 2 rings (SSSR count). The molecule has 5 heteroatoms. The van der Waals surface area contributed by atoms with Crippen LogP contribution in [-0.2, 0) is 6.42 Å². The minimum atomic E-state index is -1.03. The van der Waals surface area contributed by atoms with E-state index in [2.05, 4.69) is 22.1 Å². The van der Waals surface area contributed by atoms with Crippen molar-refractivity contribution in [1.29, 1.82) is 0 Å². The Morgan fingerprint density at radius 3 is 2.70 bits per heavy atom. The second-order valence-corrected chi connectivity index (χ2v) is 4.39. The van der Waals surface area contributed by atoms with Crippen molar-refractivity contribution in [3.8, 4) is 6.01 Å². The van der Waals surface area contributed by atoms with E-state index in [0.717, 1.165) is 12.8 Å². The van der Waals surface area contributed by atoms with Gasteiger partial charge in [-0.15, -0.1) is 0 Å². The highest BCUT2D eigenvalue weighted by molar-refractivity contribution is 5.88. The van der Waals surface area contributed by atoms with Gasteiger partial charge in [0, 0.05) is 6.20 Å². The van der Waals surface area contributed by atoms with Crippen LogP contribution in [0, 0.1) is 6.92 Å². The molecule has 0 aliphatic rings. The molecule has 0 bridgehead atoms. The third kappa shape index (κ3) is 3.78. The van der Waals surface area contributed by atoms with Gasteiger partial charge in [-0.2, -0.15) is 4.98 Å². The SMILES string of the molecule is Cc1nc(OCCCc2ccccc2)ncc1C(=O)O. The molecule has 1 heterocycles. The number of hydrogen-bond acceptors (Lipinski definition) is 4. The highest BCUT2D eigenvalue weighted by Crippen LogP contribution is 2.09. The first-order valence-electron chi connectivity index (χ1n) is 6.40. The Hall–Kier alpha value is -2.43. The summed E-state index contributed by atoms with van der Waals surface area (Å²) < 4.78 is 5.43. The maximum atomic E-state index is 10.8. The quantitative estimate of drug-likeness (QED) is 0.818. The van der Waals surface area contributed by atoms with Crippen LogP contribution in [0.25, 0.3) is 0 Å². The number of rotatable bonds is 6. The molecule has 0 spiro atoms. The van der Waals surface area contributed by atoms with Crippen LogP contribution in [0.2, 0.25) is 0 Å². The van der Waals surface area contributed by atoms with Crippen molar-refractivity contribution >= 4 is 5.97 Å². The summed E-state index contributed by atoms with van der Waals surface area (Å²) in [5.74, 6) is -1.03. The zero-order valence-corrected chi connectivity index (χ0v) is 11.2. The summed E-state index contributed by atoms with van der Waals surface area (Å²) in [7, 11) is 0. The van der Waals surface area contributed by atoms with Gasteiger partial charge in [0.2, 0.25) is 0 Å². The summed E-state index contributed by atoms with van der Waals surface area (Å²) in [5, 5.41) is 8.88. The van der Waals surface area contributed by atoms with Crippen LogP contribution in [-0.4, -0.2) is 27.7 Å². The molecule has 0 amide bonds. The minimum absolute atomic E-state index is 0.0987. The second-order valence-electron chi connectivity index (χ2n) is 4.39. The molecule has 0 radical (unpaired) electrons. The number of carbonyl (C=O) groups is 1. The third-order valence-electron chi connectivity index (χ3n) is 2.87. The smallest absolute Gasteiger partial charge is 0.339 e. The lowest BCUT2D eigenvalue weighted by Gasteiger charge is -2.06. The number of carboxylic acid groups (broad SMARTS) is 1. The predicted octanol–water partition coefficient (Wildman–Crippen LogP) is 2.49. The fourth-order valence-electron chi connectivity index (χ4n) is 1.81. The summed E-state index contributed by atoms with van der Waals surface area (Å²) in [5.41, 5.74) is 1.77. The van der Waals surface area contributed by atoms with Crippen molar-refractivity contribution in [3.63, 3.8) is 0 Å². The molecule has 0 aliphatic heterocycles. The predicted molar refractivity (Wildman–Crippen MR) is 74.0 cm³/mol. The van der Waals surface area contributed by atoms with Gasteiger partial charge in [0.05, 0.1) is 17.9 Å². The lowest BCUT2D eigenvalue weighted by atomic mass is 10.1. The molecule has 1 aromatic carbocycles. The normalized spacial score (nSPS) is 10.2. The van der Waals surface area contributed by atoms with Crippen molar-refractivity contribution in [2.24, 2.45) is 0 Å². The fourth-order valence-corrected chi connectivity index (χ4v) is 1.81. The van der Waals surface area contributed by atoms with Crippen LogP contribution in [0.5, 0.6) is 6.01 Å². The first-order valence-corrected chi connectivity index (χ1v) is 6.40. The van der Waals surface area contributed by atoms with Crippen molar-refractivity contribution < 1.29 is 14.6 Å². The zero-order valence-electron chi connectivity index (χ0n) is 11.2. The fraction of sp³-hybridized carbons (Fsp3) is 0.267. The Morgan fingerprint density at radius 2 is 2.05 bits per heavy atom. The number of aryl methyl sites for hydroxylation is 2. The maximum Gasteiger partial charge on any atom is 0.339 e. The van der Waals surface area contributed by atoms with Gasteiger partial charge in [0.1, 0.15) is 0 Å². The topological polar surface area (TPSA) is 72.3 Å². The lowest BCUT2D eigenvalue weighted by molar-refractivity contribution is 0.0695. The van der Waals surface area contributed by atoms with Crippen molar-refractivity contribution in [2.45, 2.75) is 19.8 Å². The van der Waals surface area contributed by atoms with Gasteiger partial charge in [-0.25, -0.2) is 9.78 Å². The van der Waals surface area contributed by atoms with Gasteiger partial charge >= 0.3 is 12.0 Å². The number of carboxylic acids is 1. The standard InChI is InChI=1S/C15H16N2O3/c1-11-13(14(18)19)10-16-15(17-11)20-9-5-8-12-6-3-2-4-7-12/h2-4,6-7,10H,5,8-9H2,1H3,(H,18,19). The summed E-state index contributed by atoms with van der Waals surface area (Å²) >= 11 is 0. The number of benzene rings is 1. The number of ether oxygens (including phenoxy) is 1. The van der Waals surface area contributed by atoms with Crippen LogP contribution in [0.3, 0.4) is 0 Å². The Kier molecular flexibility index (Phi) is 4.65. The molecule has 0 unspecified atom stereocenters. The Labute approximate surface area is 117 Å². The molecule has 20 heavy (non-hydrogen) atoms. The van der Waals surface area contributed by atoms with E-state index in [-0.39, 0.29) is 11.6 Å². The number of aromatic carboxylic acids is 1. The molecule has 0 fully saturated rings. The van der Waals surface area contributed by atoms with E-state index < -0.39 is 5.97 Å². The molecule has 0 atom stereocenters. The molecular formula is C15H16N2O3. The van der Waals surface area contributed by atoms with Gasteiger partial charge in [-0.3, -0.25) is 0 Å². The first-order chi connectivity index (χ1) is 9.66. The molecule has 2 aromatic rings. The summed E-state index contributed by atoms with van der Waals surface area (Å²) in [6, 6.07) is 10.4. The van der Waals surface area contributed by atoms with Gasteiger partial charge in [0.15, 0.2) is 0 Å². The third-order valence-corrected chi connectivity index (χ3v) is 2.87. The van der Waals surface area contributed by atoms with E-state index in [4.69, 9.17) is 9.84 Å². The first kappa shape index (κ1) is 14.0. The number of aromatic nitrogens is 2. The van der Waals surface area contributed by atoms with E-state index in [1.807, 2.05) is 18.2 Å². The van der Waals surface area contributed by atoms with E-state index >= 15 is 0 Å². The Balaban J connectivity index is 1.83.